The maximum Gasteiger partial charge on any atom is 0.269 e. The number of aromatic nitrogens is 2. The SMILES string of the molecule is CC(=O)N1CCC(N(NC(=O)c2ccc(CN3CCN(C)CC3)cc2)c2nc(C#N)ncc2Cl)CC1. The maximum atomic E-state index is 13.3. The van der Waals surface area contributed by atoms with Crippen LogP contribution in [0.4, 0.5) is 5.82 Å². The molecular weight excluding hydrogens is 480 g/mol. The number of piperazine rings is 1. The molecule has 1 N–H and O–H groups in total. The number of likely N-dealkylation sites (N-methyl/N-ethyl adjacent to an activating group) is 1. The van der Waals surface area contributed by atoms with Crippen molar-refractivity contribution in [3.63, 3.8) is 0 Å². The van der Waals surface area contributed by atoms with E-state index in [0.29, 0.717) is 31.5 Å². The second kappa shape index (κ2) is 11.6. The van der Waals surface area contributed by atoms with Crippen LogP contribution in [-0.2, 0) is 11.3 Å². The zero-order chi connectivity index (χ0) is 25.7. The van der Waals surface area contributed by atoms with E-state index in [1.165, 1.54) is 6.20 Å². The Morgan fingerprint density at radius 1 is 1.14 bits per heavy atom. The van der Waals surface area contributed by atoms with Crippen LogP contribution < -0.4 is 10.4 Å². The fraction of sp³-hybridized carbons (Fsp3) is 0.480. The van der Waals surface area contributed by atoms with Gasteiger partial charge in [-0.1, -0.05) is 23.7 Å². The van der Waals surface area contributed by atoms with E-state index in [4.69, 9.17) is 11.6 Å². The molecule has 0 unspecified atom stereocenters. The molecular formula is C25H31ClN8O2. The lowest BCUT2D eigenvalue weighted by Gasteiger charge is -2.38. The number of halogens is 1. The molecule has 0 aliphatic carbocycles. The first-order chi connectivity index (χ1) is 17.3. The van der Waals surface area contributed by atoms with E-state index in [2.05, 4.69) is 32.2 Å². The Kier molecular flexibility index (Phi) is 8.36. The topological polar surface area (TPSA) is 109 Å². The summed E-state index contributed by atoms with van der Waals surface area (Å²) >= 11 is 6.40. The first-order valence-electron chi connectivity index (χ1n) is 12.1. The van der Waals surface area contributed by atoms with Crippen molar-refractivity contribution >= 4 is 29.2 Å². The van der Waals surface area contributed by atoms with Gasteiger partial charge in [-0.05, 0) is 37.6 Å². The highest BCUT2D eigenvalue weighted by atomic mass is 35.5. The molecule has 0 bridgehead atoms. The maximum absolute atomic E-state index is 13.3. The fourth-order valence-corrected chi connectivity index (χ4v) is 4.72. The first kappa shape index (κ1) is 25.8. The molecule has 0 atom stereocenters. The minimum absolute atomic E-state index is 0.0209. The number of nitrogens with zero attached hydrogens (tertiary/aromatic N) is 7. The van der Waals surface area contributed by atoms with E-state index in [0.717, 1.165) is 38.3 Å². The van der Waals surface area contributed by atoms with E-state index in [9.17, 15) is 14.9 Å². The van der Waals surface area contributed by atoms with Crippen LogP contribution in [0.5, 0.6) is 0 Å². The molecule has 36 heavy (non-hydrogen) atoms. The van der Waals surface area contributed by atoms with Gasteiger partial charge < -0.3 is 9.80 Å². The number of amides is 2. The highest BCUT2D eigenvalue weighted by Gasteiger charge is 2.30. The number of hydrogen-bond donors (Lipinski definition) is 1. The third kappa shape index (κ3) is 6.29. The molecule has 2 aliphatic heterocycles. The summed E-state index contributed by atoms with van der Waals surface area (Å²) in [5.41, 5.74) is 4.62. The zero-order valence-corrected chi connectivity index (χ0v) is 21.4. The minimum Gasteiger partial charge on any atom is -0.343 e. The summed E-state index contributed by atoms with van der Waals surface area (Å²) in [4.78, 5) is 39.7. The second-order valence-corrected chi connectivity index (χ2v) is 9.71. The van der Waals surface area contributed by atoms with Gasteiger partial charge in [-0.15, -0.1) is 0 Å². The number of hydrogen-bond acceptors (Lipinski definition) is 8. The van der Waals surface area contributed by atoms with Crippen molar-refractivity contribution in [1.29, 1.82) is 5.26 Å². The molecule has 1 aromatic heterocycles. The van der Waals surface area contributed by atoms with Gasteiger partial charge in [0, 0.05) is 58.3 Å². The molecule has 4 rings (SSSR count). The van der Waals surface area contributed by atoms with Crippen LogP contribution in [0.2, 0.25) is 5.02 Å². The monoisotopic (exact) mass is 510 g/mol. The molecule has 2 aromatic rings. The number of carbonyl (C=O) groups excluding carboxylic acids is 2. The molecule has 2 amide bonds. The highest BCUT2D eigenvalue weighted by Crippen LogP contribution is 2.27. The summed E-state index contributed by atoms with van der Waals surface area (Å²) in [6, 6.07) is 9.37. The quantitative estimate of drug-likeness (QED) is 0.587. The number of piperidine rings is 1. The van der Waals surface area contributed by atoms with Crippen molar-refractivity contribution in [1.82, 2.24) is 30.1 Å². The average Bonchev–Trinajstić information content (AvgIpc) is 2.89. The molecule has 2 saturated heterocycles. The van der Waals surface area contributed by atoms with Crippen LogP contribution >= 0.6 is 11.6 Å². The van der Waals surface area contributed by atoms with Gasteiger partial charge in [0.25, 0.3) is 5.91 Å². The van der Waals surface area contributed by atoms with Gasteiger partial charge in [-0.2, -0.15) is 10.2 Å². The van der Waals surface area contributed by atoms with Gasteiger partial charge in [0.05, 0.1) is 12.2 Å². The second-order valence-electron chi connectivity index (χ2n) is 9.30. The standard InChI is InChI=1S/C25H31ClN8O2/c1-18(35)33-9-7-21(8-10-33)34(24-22(26)16-28-23(15-27)29-24)30-25(36)20-5-3-19(4-6-20)17-32-13-11-31(2)12-14-32/h3-6,16,21H,7-14,17H2,1-2H3,(H,30,36). The molecule has 190 valence electrons. The minimum atomic E-state index is -0.302. The molecule has 0 saturated carbocycles. The zero-order valence-electron chi connectivity index (χ0n) is 20.7. The highest BCUT2D eigenvalue weighted by molar-refractivity contribution is 6.32. The summed E-state index contributed by atoms with van der Waals surface area (Å²) < 4.78 is 0. The van der Waals surface area contributed by atoms with E-state index >= 15 is 0 Å². The van der Waals surface area contributed by atoms with Gasteiger partial charge in [-0.3, -0.25) is 24.9 Å². The molecule has 0 spiro atoms. The number of nitrogens with one attached hydrogen (secondary N) is 1. The number of nitriles is 1. The Balaban J connectivity index is 1.49. The van der Waals surface area contributed by atoms with E-state index in [1.54, 1.807) is 16.8 Å². The molecule has 1 aromatic carbocycles. The molecule has 3 heterocycles. The smallest absolute Gasteiger partial charge is 0.269 e. The lowest BCUT2D eigenvalue weighted by molar-refractivity contribution is -0.129. The van der Waals surface area contributed by atoms with Crippen LogP contribution in [0.1, 0.15) is 41.5 Å². The molecule has 2 aliphatic rings. The van der Waals surface area contributed by atoms with Crippen LogP contribution in [0, 0.1) is 11.3 Å². The molecule has 11 heteroatoms. The molecule has 2 fully saturated rings. The lowest BCUT2D eigenvalue weighted by Crippen LogP contribution is -2.54. The van der Waals surface area contributed by atoms with E-state index in [1.807, 2.05) is 30.3 Å². The van der Waals surface area contributed by atoms with Crippen LogP contribution in [0.25, 0.3) is 0 Å². The van der Waals surface area contributed by atoms with Crippen molar-refractivity contribution in [3.05, 3.63) is 52.4 Å². The Hall–Kier alpha value is -3.26. The Bertz CT molecular complexity index is 1120. The Morgan fingerprint density at radius 3 is 2.42 bits per heavy atom. The summed E-state index contributed by atoms with van der Waals surface area (Å²) in [7, 11) is 2.14. The van der Waals surface area contributed by atoms with Gasteiger partial charge in [0.1, 0.15) is 11.1 Å². The van der Waals surface area contributed by atoms with Crippen molar-refractivity contribution in [2.24, 2.45) is 0 Å². The Morgan fingerprint density at radius 2 is 1.81 bits per heavy atom. The van der Waals surface area contributed by atoms with Gasteiger partial charge in [0.15, 0.2) is 5.82 Å². The summed E-state index contributed by atoms with van der Waals surface area (Å²) in [5.74, 6) is -0.0523. The van der Waals surface area contributed by atoms with Crippen LogP contribution in [-0.4, -0.2) is 88.8 Å². The van der Waals surface area contributed by atoms with Crippen molar-refractivity contribution in [3.8, 4) is 6.07 Å². The van der Waals surface area contributed by atoms with Gasteiger partial charge >= 0.3 is 0 Å². The largest absolute Gasteiger partial charge is 0.343 e. The van der Waals surface area contributed by atoms with Crippen LogP contribution in [0.3, 0.4) is 0 Å². The van der Waals surface area contributed by atoms with Gasteiger partial charge in [-0.25, -0.2) is 4.98 Å². The predicted molar refractivity (Wildman–Crippen MR) is 136 cm³/mol. The number of anilines is 1. The third-order valence-corrected chi connectivity index (χ3v) is 7.04. The summed E-state index contributed by atoms with van der Waals surface area (Å²) in [6.07, 6.45) is 2.59. The normalized spacial score (nSPS) is 17.4. The first-order valence-corrected chi connectivity index (χ1v) is 12.5. The van der Waals surface area contributed by atoms with Gasteiger partial charge in [0.2, 0.25) is 11.7 Å². The van der Waals surface area contributed by atoms with Crippen molar-refractivity contribution in [2.75, 3.05) is 51.3 Å². The number of likely N-dealkylation sites (tertiary alicyclic amines) is 1. The number of rotatable bonds is 6. The van der Waals surface area contributed by atoms with Crippen molar-refractivity contribution in [2.45, 2.75) is 32.4 Å². The van der Waals surface area contributed by atoms with E-state index in [-0.39, 0.29) is 34.5 Å². The molecule has 0 radical (unpaired) electrons. The number of carbonyl (C=O) groups is 2. The van der Waals surface area contributed by atoms with Crippen LogP contribution in [0.15, 0.2) is 30.5 Å². The Labute approximate surface area is 216 Å². The lowest BCUT2D eigenvalue weighted by atomic mass is 10.0. The fourth-order valence-electron chi connectivity index (χ4n) is 4.54. The summed E-state index contributed by atoms with van der Waals surface area (Å²) in [5, 5.41) is 11.1. The summed E-state index contributed by atoms with van der Waals surface area (Å²) in [6.45, 7) is 7.68. The predicted octanol–water partition coefficient (Wildman–Crippen LogP) is 1.91. The van der Waals surface area contributed by atoms with E-state index < -0.39 is 0 Å². The number of benzene rings is 1. The third-order valence-electron chi connectivity index (χ3n) is 6.77. The van der Waals surface area contributed by atoms with Crippen molar-refractivity contribution < 1.29 is 9.59 Å². The average molecular weight is 511 g/mol. The number of hydrazine groups is 1. The molecule has 10 nitrogen and oxygen atoms in total.